The average Bonchev–Trinajstić information content (AvgIpc) is 3.16. The third-order valence-corrected chi connectivity index (χ3v) is 5.13. The summed E-state index contributed by atoms with van der Waals surface area (Å²) in [6, 6.07) is 4.53. The highest BCUT2D eigenvalue weighted by molar-refractivity contribution is 5.89. The Balaban J connectivity index is 1.87. The van der Waals surface area contributed by atoms with Crippen LogP contribution >= 0.6 is 0 Å². The minimum atomic E-state index is -0.584. The van der Waals surface area contributed by atoms with Gasteiger partial charge in [0.2, 0.25) is 11.8 Å². The van der Waals surface area contributed by atoms with Crippen molar-refractivity contribution in [1.29, 1.82) is 0 Å². The van der Waals surface area contributed by atoms with Gasteiger partial charge in [0.1, 0.15) is 12.6 Å². The highest BCUT2D eigenvalue weighted by atomic mass is 16.4. The number of aryl methyl sites for hydroxylation is 1. The van der Waals surface area contributed by atoms with E-state index in [-0.39, 0.29) is 24.4 Å². The Labute approximate surface area is 157 Å². The number of hydrogen-bond donors (Lipinski definition) is 1. The Bertz CT molecular complexity index is 912. The van der Waals surface area contributed by atoms with Crippen molar-refractivity contribution in [3.63, 3.8) is 0 Å². The number of aromatic nitrogens is 1. The van der Waals surface area contributed by atoms with Crippen molar-refractivity contribution < 1.29 is 14.0 Å². The summed E-state index contributed by atoms with van der Waals surface area (Å²) in [5, 5.41) is 0. The smallest absolute Gasteiger partial charge is 0.408 e. The Morgan fingerprint density at radius 2 is 2.00 bits per heavy atom. The number of oxazole rings is 1. The molecule has 2 amide bonds. The number of likely N-dealkylation sites (N-methyl/N-ethyl adjacent to an activating group) is 1. The number of benzene rings is 1. The zero-order chi connectivity index (χ0) is 19.7. The largest absolute Gasteiger partial charge is 0.420 e. The molecule has 8 heteroatoms. The number of amides is 2. The number of nitrogens with zero attached hydrogens (tertiary/aromatic N) is 3. The molecule has 0 radical (unpaired) electrons. The zero-order valence-corrected chi connectivity index (χ0v) is 16.0. The summed E-state index contributed by atoms with van der Waals surface area (Å²) >= 11 is 0. The Hall–Kier alpha value is -2.61. The molecule has 2 unspecified atom stereocenters. The van der Waals surface area contributed by atoms with Gasteiger partial charge in [0.15, 0.2) is 5.58 Å². The predicted octanol–water partition coefficient (Wildman–Crippen LogP) is 0.700. The second kappa shape index (κ2) is 7.56. The molecular weight excluding hydrogens is 348 g/mol. The molecule has 2 N–H and O–H groups in total. The van der Waals surface area contributed by atoms with Gasteiger partial charge >= 0.3 is 5.76 Å². The zero-order valence-electron chi connectivity index (χ0n) is 16.0. The van der Waals surface area contributed by atoms with Gasteiger partial charge in [0, 0.05) is 25.7 Å². The van der Waals surface area contributed by atoms with E-state index in [1.807, 2.05) is 32.9 Å². The quantitative estimate of drug-likeness (QED) is 0.830. The van der Waals surface area contributed by atoms with Crippen molar-refractivity contribution in [2.45, 2.75) is 45.8 Å². The Kier molecular flexibility index (Phi) is 5.36. The normalized spacial score (nSPS) is 19.6. The fraction of sp³-hybridized carbons (Fsp3) is 0.526. The van der Waals surface area contributed by atoms with Crippen LogP contribution in [-0.4, -0.2) is 57.9 Å². The number of carbonyl (C=O) groups is 2. The average molecular weight is 374 g/mol. The van der Waals surface area contributed by atoms with Gasteiger partial charge in [-0.1, -0.05) is 6.07 Å². The molecule has 1 saturated heterocycles. The molecule has 2 aromatic rings. The topological polar surface area (TPSA) is 102 Å². The van der Waals surface area contributed by atoms with Crippen molar-refractivity contribution in [2.24, 2.45) is 5.73 Å². The van der Waals surface area contributed by atoms with E-state index in [4.69, 9.17) is 10.2 Å². The molecule has 1 aliphatic heterocycles. The van der Waals surface area contributed by atoms with Crippen molar-refractivity contribution in [3.8, 4) is 0 Å². The summed E-state index contributed by atoms with van der Waals surface area (Å²) < 4.78 is 6.54. The minimum Gasteiger partial charge on any atom is -0.408 e. The molecule has 1 aromatic carbocycles. The summed E-state index contributed by atoms with van der Waals surface area (Å²) in [6.07, 6.45) is 0.432. The van der Waals surface area contributed by atoms with Crippen LogP contribution in [0.1, 0.15) is 25.8 Å². The summed E-state index contributed by atoms with van der Waals surface area (Å²) in [7, 11) is 0. The van der Waals surface area contributed by atoms with Crippen LogP contribution in [0.5, 0.6) is 0 Å². The number of carbonyl (C=O) groups excluding carboxylic acids is 2. The number of nitrogens with two attached hydrogens (primary N) is 1. The third-order valence-electron chi connectivity index (χ3n) is 5.13. The molecular formula is C19H26N4O4. The van der Waals surface area contributed by atoms with E-state index in [1.54, 1.807) is 11.0 Å². The van der Waals surface area contributed by atoms with Gasteiger partial charge in [-0.05, 0) is 44.9 Å². The van der Waals surface area contributed by atoms with Crippen LogP contribution in [-0.2, 0) is 16.1 Å². The molecule has 2 heterocycles. The lowest BCUT2D eigenvalue weighted by Gasteiger charge is -2.28. The molecule has 0 bridgehead atoms. The van der Waals surface area contributed by atoms with Crippen LogP contribution < -0.4 is 11.5 Å². The van der Waals surface area contributed by atoms with Crippen LogP contribution in [0.15, 0.2) is 27.4 Å². The van der Waals surface area contributed by atoms with Crippen LogP contribution in [0.4, 0.5) is 0 Å². The van der Waals surface area contributed by atoms with E-state index in [0.29, 0.717) is 37.2 Å². The lowest BCUT2D eigenvalue weighted by Crippen LogP contribution is -2.48. The number of rotatable bonds is 5. The number of fused-ring (bicyclic) bond motifs is 1. The summed E-state index contributed by atoms with van der Waals surface area (Å²) in [4.78, 5) is 41.1. The number of hydrogen-bond acceptors (Lipinski definition) is 5. The Morgan fingerprint density at radius 3 is 2.67 bits per heavy atom. The molecule has 1 aromatic heterocycles. The van der Waals surface area contributed by atoms with Crippen LogP contribution in [0.2, 0.25) is 0 Å². The predicted molar refractivity (Wildman–Crippen MR) is 101 cm³/mol. The molecule has 146 valence electrons. The SMILES string of the molecule is CCN(CC)C(=O)C1CC(N)CN1C(=O)Cn1c(=O)oc2ccc(C)cc21. The molecule has 0 saturated carbocycles. The van der Waals surface area contributed by atoms with E-state index >= 15 is 0 Å². The first-order chi connectivity index (χ1) is 12.8. The molecule has 3 rings (SSSR count). The van der Waals surface area contributed by atoms with Crippen LogP contribution in [0.3, 0.4) is 0 Å². The van der Waals surface area contributed by atoms with Crippen LogP contribution in [0.25, 0.3) is 11.1 Å². The fourth-order valence-electron chi connectivity index (χ4n) is 3.67. The maximum Gasteiger partial charge on any atom is 0.420 e. The molecule has 0 aliphatic carbocycles. The summed E-state index contributed by atoms with van der Waals surface area (Å²) in [5.41, 5.74) is 8.01. The lowest BCUT2D eigenvalue weighted by molar-refractivity contribution is -0.143. The van der Waals surface area contributed by atoms with Gasteiger partial charge in [-0.15, -0.1) is 0 Å². The van der Waals surface area contributed by atoms with E-state index in [9.17, 15) is 14.4 Å². The highest BCUT2D eigenvalue weighted by Crippen LogP contribution is 2.21. The highest BCUT2D eigenvalue weighted by Gasteiger charge is 2.39. The molecule has 27 heavy (non-hydrogen) atoms. The first-order valence-electron chi connectivity index (χ1n) is 9.29. The van der Waals surface area contributed by atoms with Crippen molar-refractivity contribution in [2.75, 3.05) is 19.6 Å². The van der Waals surface area contributed by atoms with Gasteiger partial charge in [-0.3, -0.25) is 14.2 Å². The first kappa shape index (κ1) is 19.2. The lowest BCUT2D eigenvalue weighted by atomic mass is 10.1. The first-order valence-corrected chi connectivity index (χ1v) is 9.29. The van der Waals surface area contributed by atoms with Crippen molar-refractivity contribution in [3.05, 3.63) is 34.3 Å². The van der Waals surface area contributed by atoms with Crippen LogP contribution in [0, 0.1) is 6.92 Å². The van der Waals surface area contributed by atoms with E-state index in [0.717, 1.165) is 5.56 Å². The second-order valence-electron chi connectivity index (χ2n) is 6.99. The number of likely N-dealkylation sites (tertiary alicyclic amines) is 1. The fourth-order valence-corrected chi connectivity index (χ4v) is 3.67. The maximum atomic E-state index is 13.0. The van der Waals surface area contributed by atoms with E-state index < -0.39 is 11.8 Å². The van der Waals surface area contributed by atoms with Crippen molar-refractivity contribution in [1.82, 2.24) is 14.4 Å². The van der Waals surface area contributed by atoms with Crippen molar-refractivity contribution >= 4 is 22.9 Å². The second-order valence-corrected chi connectivity index (χ2v) is 6.99. The Morgan fingerprint density at radius 1 is 1.30 bits per heavy atom. The van der Waals surface area contributed by atoms with E-state index in [2.05, 4.69) is 0 Å². The van der Waals surface area contributed by atoms with Gasteiger partial charge in [0.05, 0.1) is 5.52 Å². The molecule has 1 fully saturated rings. The summed E-state index contributed by atoms with van der Waals surface area (Å²) in [5.74, 6) is -0.986. The monoisotopic (exact) mass is 374 g/mol. The summed E-state index contributed by atoms with van der Waals surface area (Å²) in [6.45, 7) is 7.00. The third kappa shape index (κ3) is 3.62. The minimum absolute atomic E-state index is 0.0958. The molecule has 0 spiro atoms. The van der Waals surface area contributed by atoms with E-state index in [1.165, 1.54) is 9.47 Å². The van der Waals surface area contributed by atoms with Gasteiger partial charge in [0.25, 0.3) is 0 Å². The van der Waals surface area contributed by atoms with Gasteiger partial charge < -0.3 is 20.0 Å². The standard InChI is InChI=1S/C19H26N4O4/c1-4-21(5-2)18(25)15-9-13(20)10-22(15)17(24)11-23-14-8-12(3)6-7-16(14)27-19(23)26/h6-8,13,15H,4-5,9-11,20H2,1-3H3. The maximum absolute atomic E-state index is 13.0. The van der Waals surface area contributed by atoms with Gasteiger partial charge in [-0.2, -0.15) is 0 Å². The van der Waals surface area contributed by atoms with Gasteiger partial charge in [-0.25, -0.2) is 4.79 Å². The molecule has 1 aliphatic rings. The molecule has 2 atom stereocenters. The molecule has 8 nitrogen and oxygen atoms in total.